The summed E-state index contributed by atoms with van der Waals surface area (Å²) in [5, 5.41) is 17.3. The van der Waals surface area contributed by atoms with Crippen LogP contribution in [0.3, 0.4) is 0 Å². The van der Waals surface area contributed by atoms with Crippen molar-refractivity contribution in [3.63, 3.8) is 0 Å². The number of benzene rings is 1. The van der Waals surface area contributed by atoms with Crippen LogP contribution in [0.1, 0.15) is 23.3 Å². The van der Waals surface area contributed by atoms with E-state index in [9.17, 15) is 9.90 Å². The zero-order valence-electron chi connectivity index (χ0n) is 10.5. The number of nitrogens with zero attached hydrogens (tertiary/aromatic N) is 2. The first-order valence-electron chi connectivity index (χ1n) is 6.36. The zero-order chi connectivity index (χ0) is 13.4. The van der Waals surface area contributed by atoms with Crippen LogP contribution in [0.15, 0.2) is 18.2 Å². The molecule has 1 aromatic heterocycles. The maximum Gasteiger partial charge on any atom is 0.275 e. The van der Waals surface area contributed by atoms with E-state index in [1.807, 2.05) is 0 Å². The maximum atomic E-state index is 12.4. The number of carbonyl (C=O) groups excluding carboxylic acids is 1. The van der Waals surface area contributed by atoms with E-state index >= 15 is 0 Å². The summed E-state index contributed by atoms with van der Waals surface area (Å²) in [7, 11) is 0. The molecule has 1 amide bonds. The van der Waals surface area contributed by atoms with E-state index in [4.69, 9.17) is 5.73 Å². The van der Waals surface area contributed by atoms with E-state index in [0.29, 0.717) is 24.5 Å². The lowest BCUT2D eigenvalue weighted by Gasteiger charge is -2.29. The predicted molar refractivity (Wildman–Crippen MR) is 71.7 cm³/mol. The molecule has 1 aliphatic heterocycles. The lowest BCUT2D eigenvalue weighted by atomic mass is 10.1. The Balaban J connectivity index is 1.95. The van der Waals surface area contributed by atoms with E-state index in [2.05, 4.69) is 10.2 Å². The van der Waals surface area contributed by atoms with Crippen molar-refractivity contribution in [3.8, 4) is 0 Å². The molecule has 2 heterocycles. The number of hydrogen-bond acceptors (Lipinski definition) is 4. The van der Waals surface area contributed by atoms with E-state index in [1.54, 1.807) is 23.1 Å². The number of amides is 1. The zero-order valence-corrected chi connectivity index (χ0v) is 10.5. The molecule has 0 saturated carbocycles. The quantitative estimate of drug-likeness (QED) is 0.659. The third-order valence-electron chi connectivity index (χ3n) is 3.47. The van der Waals surface area contributed by atoms with Gasteiger partial charge in [-0.05, 0) is 31.0 Å². The summed E-state index contributed by atoms with van der Waals surface area (Å²) >= 11 is 0. The molecule has 6 nitrogen and oxygen atoms in total. The van der Waals surface area contributed by atoms with Gasteiger partial charge in [0.15, 0.2) is 5.69 Å². The van der Waals surface area contributed by atoms with Crippen molar-refractivity contribution in [3.05, 3.63) is 23.9 Å². The second-order valence-corrected chi connectivity index (χ2v) is 4.92. The molecule has 1 fully saturated rings. The Labute approximate surface area is 110 Å². The number of H-pyrrole nitrogens is 1. The summed E-state index contributed by atoms with van der Waals surface area (Å²) in [6.45, 7) is 1.03. The SMILES string of the molecule is Nc1ccc2[nH]nc(C(=O)N3CCCC(O)C3)c2c1. The highest BCUT2D eigenvalue weighted by Gasteiger charge is 2.25. The molecule has 3 rings (SSSR count). The number of aromatic amines is 1. The van der Waals surface area contributed by atoms with Crippen LogP contribution in [0.4, 0.5) is 5.69 Å². The smallest absolute Gasteiger partial charge is 0.275 e. The number of nitrogens with one attached hydrogen (secondary N) is 1. The van der Waals surface area contributed by atoms with Gasteiger partial charge < -0.3 is 15.7 Å². The molecule has 0 radical (unpaired) electrons. The van der Waals surface area contributed by atoms with Crippen molar-refractivity contribution in [2.75, 3.05) is 18.8 Å². The Morgan fingerprint density at radius 1 is 1.53 bits per heavy atom. The third kappa shape index (κ3) is 2.15. The summed E-state index contributed by atoms with van der Waals surface area (Å²) in [5.74, 6) is -0.157. The van der Waals surface area contributed by atoms with Gasteiger partial charge in [-0.15, -0.1) is 0 Å². The number of fused-ring (bicyclic) bond motifs is 1. The van der Waals surface area contributed by atoms with Gasteiger partial charge in [0, 0.05) is 24.2 Å². The largest absolute Gasteiger partial charge is 0.399 e. The molecule has 1 atom stereocenters. The van der Waals surface area contributed by atoms with Crippen molar-refractivity contribution in [2.24, 2.45) is 0 Å². The predicted octanol–water partition coefficient (Wildman–Crippen LogP) is 0.742. The van der Waals surface area contributed by atoms with Crippen LogP contribution in [0.2, 0.25) is 0 Å². The average Bonchev–Trinajstić information content (AvgIpc) is 2.80. The summed E-state index contributed by atoms with van der Waals surface area (Å²) in [6, 6.07) is 5.31. The van der Waals surface area contributed by atoms with Crippen molar-refractivity contribution in [1.82, 2.24) is 15.1 Å². The summed E-state index contributed by atoms with van der Waals surface area (Å²) in [5.41, 5.74) is 7.50. The highest BCUT2D eigenvalue weighted by molar-refractivity contribution is 6.05. The minimum Gasteiger partial charge on any atom is -0.399 e. The Hall–Kier alpha value is -2.08. The maximum absolute atomic E-state index is 12.4. The summed E-state index contributed by atoms with van der Waals surface area (Å²) in [6.07, 6.45) is 1.13. The molecule has 2 aromatic rings. The van der Waals surface area contributed by atoms with Crippen LogP contribution in [0.5, 0.6) is 0 Å². The Kier molecular flexibility index (Phi) is 2.87. The second kappa shape index (κ2) is 4.55. The minimum absolute atomic E-state index is 0.157. The third-order valence-corrected chi connectivity index (χ3v) is 3.47. The number of anilines is 1. The lowest BCUT2D eigenvalue weighted by molar-refractivity contribution is 0.0470. The average molecular weight is 260 g/mol. The van der Waals surface area contributed by atoms with Crippen LogP contribution < -0.4 is 5.73 Å². The molecule has 0 spiro atoms. The molecule has 100 valence electrons. The molecule has 0 bridgehead atoms. The molecule has 4 N–H and O–H groups in total. The molecule has 6 heteroatoms. The first kappa shape index (κ1) is 12.0. The van der Waals surface area contributed by atoms with E-state index in [1.165, 1.54) is 0 Å². The minimum atomic E-state index is -0.437. The molecule has 1 saturated heterocycles. The molecule has 1 aliphatic rings. The van der Waals surface area contributed by atoms with Gasteiger partial charge in [-0.2, -0.15) is 5.10 Å². The number of nitrogen functional groups attached to an aromatic ring is 1. The lowest BCUT2D eigenvalue weighted by Crippen LogP contribution is -2.42. The van der Waals surface area contributed by atoms with Gasteiger partial charge in [-0.25, -0.2) is 0 Å². The van der Waals surface area contributed by atoms with Gasteiger partial charge in [0.25, 0.3) is 5.91 Å². The van der Waals surface area contributed by atoms with E-state index in [0.717, 1.165) is 23.7 Å². The van der Waals surface area contributed by atoms with Crippen molar-refractivity contribution in [1.29, 1.82) is 0 Å². The molecule has 1 unspecified atom stereocenters. The van der Waals surface area contributed by atoms with Gasteiger partial charge in [-0.1, -0.05) is 0 Å². The number of nitrogens with two attached hydrogens (primary N) is 1. The number of hydrogen-bond donors (Lipinski definition) is 3. The van der Waals surface area contributed by atoms with Crippen LogP contribution in [-0.4, -0.2) is 45.3 Å². The van der Waals surface area contributed by atoms with Crippen LogP contribution in [-0.2, 0) is 0 Å². The van der Waals surface area contributed by atoms with Gasteiger partial charge in [0.2, 0.25) is 0 Å². The van der Waals surface area contributed by atoms with Gasteiger partial charge >= 0.3 is 0 Å². The van der Waals surface area contributed by atoms with Crippen molar-refractivity contribution < 1.29 is 9.90 Å². The van der Waals surface area contributed by atoms with Crippen LogP contribution in [0.25, 0.3) is 10.9 Å². The Morgan fingerprint density at radius 2 is 2.37 bits per heavy atom. The standard InChI is InChI=1S/C13H16N4O2/c14-8-3-4-11-10(6-8)12(16-15-11)13(19)17-5-1-2-9(18)7-17/h3-4,6,9,18H,1-2,5,7,14H2,(H,15,16). The highest BCUT2D eigenvalue weighted by Crippen LogP contribution is 2.21. The van der Waals surface area contributed by atoms with E-state index in [-0.39, 0.29) is 5.91 Å². The first-order valence-corrected chi connectivity index (χ1v) is 6.36. The van der Waals surface area contributed by atoms with Gasteiger partial charge in [0.05, 0.1) is 11.6 Å². The number of aliphatic hydroxyl groups excluding tert-OH is 1. The Morgan fingerprint density at radius 3 is 3.16 bits per heavy atom. The molecular weight excluding hydrogens is 244 g/mol. The molecule has 1 aromatic carbocycles. The number of β-amino-alcohol motifs (C(OH)–C–C–N with tert-alkyl or cyclic N) is 1. The number of aromatic nitrogens is 2. The van der Waals surface area contributed by atoms with Crippen LogP contribution in [0, 0.1) is 0 Å². The fourth-order valence-electron chi connectivity index (χ4n) is 2.48. The number of carbonyl (C=O) groups is 1. The number of aliphatic hydroxyl groups is 1. The van der Waals surface area contributed by atoms with Crippen molar-refractivity contribution >= 4 is 22.5 Å². The first-order chi connectivity index (χ1) is 9.15. The molecule has 19 heavy (non-hydrogen) atoms. The fourth-order valence-corrected chi connectivity index (χ4v) is 2.48. The van der Waals surface area contributed by atoms with Crippen LogP contribution >= 0.6 is 0 Å². The van der Waals surface area contributed by atoms with Crippen molar-refractivity contribution in [2.45, 2.75) is 18.9 Å². The highest BCUT2D eigenvalue weighted by atomic mass is 16.3. The van der Waals surface area contributed by atoms with Gasteiger partial charge in [-0.3, -0.25) is 9.89 Å². The molecule has 0 aliphatic carbocycles. The molecular formula is C13H16N4O2. The van der Waals surface area contributed by atoms with Gasteiger partial charge in [0.1, 0.15) is 0 Å². The summed E-state index contributed by atoms with van der Waals surface area (Å²) in [4.78, 5) is 14.1. The normalized spacial score (nSPS) is 19.8. The topological polar surface area (TPSA) is 95.2 Å². The number of piperidine rings is 1. The van der Waals surface area contributed by atoms with E-state index < -0.39 is 6.10 Å². The fraction of sp³-hybridized carbons (Fsp3) is 0.385. The number of rotatable bonds is 1. The Bertz CT molecular complexity index is 622. The second-order valence-electron chi connectivity index (χ2n) is 4.92. The summed E-state index contributed by atoms with van der Waals surface area (Å²) < 4.78 is 0. The monoisotopic (exact) mass is 260 g/mol. The number of likely N-dealkylation sites (tertiary alicyclic amines) is 1.